The quantitative estimate of drug-likeness (QED) is 0.777. The Bertz CT molecular complexity index is 607. The molecule has 0 bridgehead atoms. The summed E-state index contributed by atoms with van der Waals surface area (Å²) < 4.78 is 0. The first-order valence-corrected chi connectivity index (χ1v) is 7.63. The molecular formula is C16H20N2S. The van der Waals surface area contributed by atoms with Gasteiger partial charge in [0.15, 0.2) is 0 Å². The van der Waals surface area contributed by atoms with E-state index in [-0.39, 0.29) is 5.41 Å². The van der Waals surface area contributed by atoms with Gasteiger partial charge in [-0.25, -0.2) is 4.98 Å². The molecule has 0 saturated carbocycles. The molecule has 3 heteroatoms. The second-order valence-corrected chi connectivity index (χ2v) is 7.16. The predicted molar refractivity (Wildman–Crippen MR) is 83.2 cm³/mol. The predicted octanol–water partition coefficient (Wildman–Crippen LogP) is 4.10. The van der Waals surface area contributed by atoms with Crippen molar-refractivity contribution in [3.8, 4) is 11.3 Å². The number of fused-ring (bicyclic) bond motifs is 1. The van der Waals surface area contributed by atoms with Gasteiger partial charge in [0.25, 0.3) is 0 Å². The topological polar surface area (TPSA) is 16.1 Å². The molecule has 0 amide bonds. The summed E-state index contributed by atoms with van der Waals surface area (Å²) >= 11 is 1.76. The van der Waals surface area contributed by atoms with Crippen LogP contribution in [0.3, 0.4) is 0 Å². The number of aromatic nitrogens is 1. The normalized spacial score (nSPS) is 14.8. The standard InChI is InChI=1S/C16H20N2S/c1-16(2,3)15-17-13(10-19-15)12-6-5-11-7-8-18(4)14(11)9-12/h5-6,9-10H,7-8H2,1-4H3. The van der Waals surface area contributed by atoms with Gasteiger partial charge in [-0.1, -0.05) is 32.9 Å². The van der Waals surface area contributed by atoms with E-state index < -0.39 is 0 Å². The first-order chi connectivity index (χ1) is 8.95. The van der Waals surface area contributed by atoms with Crippen LogP contribution in [0.25, 0.3) is 11.3 Å². The monoisotopic (exact) mass is 272 g/mol. The summed E-state index contributed by atoms with van der Waals surface area (Å²) in [6.45, 7) is 7.77. The Kier molecular flexibility index (Phi) is 2.90. The summed E-state index contributed by atoms with van der Waals surface area (Å²) in [6, 6.07) is 6.74. The van der Waals surface area contributed by atoms with Gasteiger partial charge in [-0.05, 0) is 18.1 Å². The van der Waals surface area contributed by atoms with Crippen LogP contribution in [0.5, 0.6) is 0 Å². The molecule has 1 aromatic carbocycles. The van der Waals surface area contributed by atoms with Gasteiger partial charge in [0.2, 0.25) is 0 Å². The maximum atomic E-state index is 4.80. The Morgan fingerprint density at radius 1 is 1.26 bits per heavy atom. The van der Waals surface area contributed by atoms with Crippen LogP contribution in [0.2, 0.25) is 0 Å². The molecule has 0 radical (unpaired) electrons. The summed E-state index contributed by atoms with van der Waals surface area (Å²) in [5.41, 5.74) is 5.30. The third kappa shape index (κ3) is 2.27. The Morgan fingerprint density at radius 3 is 2.74 bits per heavy atom. The van der Waals surface area contributed by atoms with Crippen molar-refractivity contribution in [1.29, 1.82) is 0 Å². The number of benzene rings is 1. The summed E-state index contributed by atoms with van der Waals surface area (Å²) in [4.78, 5) is 7.13. The molecule has 19 heavy (non-hydrogen) atoms. The van der Waals surface area contributed by atoms with E-state index in [4.69, 9.17) is 4.98 Å². The van der Waals surface area contributed by atoms with E-state index >= 15 is 0 Å². The fraction of sp³-hybridized carbons (Fsp3) is 0.438. The van der Waals surface area contributed by atoms with Crippen molar-refractivity contribution in [2.75, 3.05) is 18.5 Å². The molecule has 0 aliphatic carbocycles. The lowest BCUT2D eigenvalue weighted by Gasteiger charge is -2.14. The minimum atomic E-state index is 0.135. The van der Waals surface area contributed by atoms with Crippen LogP contribution in [-0.4, -0.2) is 18.6 Å². The smallest absolute Gasteiger partial charge is 0.0986 e. The molecule has 1 aliphatic heterocycles. The number of anilines is 1. The zero-order valence-corrected chi connectivity index (χ0v) is 12.8. The third-order valence-corrected chi connectivity index (χ3v) is 4.92. The number of likely N-dealkylation sites (N-methyl/N-ethyl adjacent to an activating group) is 1. The second kappa shape index (κ2) is 4.34. The zero-order chi connectivity index (χ0) is 13.6. The average Bonchev–Trinajstić information content (AvgIpc) is 2.96. The molecule has 2 heterocycles. The SMILES string of the molecule is CN1CCc2ccc(-c3csc(C(C)(C)C)n3)cc21. The van der Waals surface area contributed by atoms with E-state index in [2.05, 4.69) is 56.3 Å². The Balaban J connectivity index is 1.99. The Labute approximate surface area is 119 Å². The summed E-state index contributed by atoms with van der Waals surface area (Å²) in [6.07, 6.45) is 1.16. The van der Waals surface area contributed by atoms with E-state index in [1.807, 2.05) is 0 Å². The molecular weight excluding hydrogens is 252 g/mol. The van der Waals surface area contributed by atoms with Crippen molar-refractivity contribution in [3.63, 3.8) is 0 Å². The van der Waals surface area contributed by atoms with Crippen molar-refractivity contribution >= 4 is 17.0 Å². The van der Waals surface area contributed by atoms with Crippen LogP contribution >= 0.6 is 11.3 Å². The van der Waals surface area contributed by atoms with E-state index in [0.717, 1.165) is 18.7 Å². The van der Waals surface area contributed by atoms with Crippen LogP contribution in [-0.2, 0) is 11.8 Å². The lowest BCUT2D eigenvalue weighted by atomic mass is 9.98. The molecule has 0 unspecified atom stereocenters. The van der Waals surface area contributed by atoms with Gasteiger partial charge in [0.05, 0.1) is 10.7 Å². The van der Waals surface area contributed by atoms with E-state index in [1.54, 1.807) is 11.3 Å². The van der Waals surface area contributed by atoms with Crippen molar-refractivity contribution in [3.05, 3.63) is 34.2 Å². The van der Waals surface area contributed by atoms with Gasteiger partial charge >= 0.3 is 0 Å². The average molecular weight is 272 g/mol. The fourth-order valence-corrected chi connectivity index (χ4v) is 3.37. The Morgan fingerprint density at radius 2 is 2.05 bits per heavy atom. The van der Waals surface area contributed by atoms with Crippen molar-refractivity contribution < 1.29 is 0 Å². The van der Waals surface area contributed by atoms with Crippen LogP contribution in [0.1, 0.15) is 31.3 Å². The van der Waals surface area contributed by atoms with Crippen molar-refractivity contribution in [2.24, 2.45) is 0 Å². The summed E-state index contributed by atoms with van der Waals surface area (Å²) in [5, 5.41) is 3.38. The molecule has 3 rings (SSSR count). The minimum Gasteiger partial charge on any atom is -0.374 e. The van der Waals surface area contributed by atoms with Crippen LogP contribution in [0, 0.1) is 0 Å². The van der Waals surface area contributed by atoms with Gasteiger partial charge in [0, 0.05) is 35.6 Å². The lowest BCUT2D eigenvalue weighted by Crippen LogP contribution is -2.12. The molecule has 1 aliphatic rings. The van der Waals surface area contributed by atoms with Gasteiger partial charge < -0.3 is 4.90 Å². The van der Waals surface area contributed by atoms with Gasteiger partial charge in [-0.3, -0.25) is 0 Å². The summed E-state index contributed by atoms with van der Waals surface area (Å²) in [7, 11) is 2.16. The van der Waals surface area contributed by atoms with E-state index in [9.17, 15) is 0 Å². The van der Waals surface area contributed by atoms with Gasteiger partial charge in [-0.2, -0.15) is 0 Å². The number of thiazole rings is 1. The van der Waals surface area contributed by atoms with E-state index in [1.165, 1.54) is 21.8 Å². The van der Waals surface area contributed by atoms with Crippen molar-refractivity contribution in [1.82, 2.24) is 4.98 Å². The lowest BCUT2D eigenvalue weighted by molar-refractivity contribution is 0.586. The van der Waals surface area contributed by atoms with Crippen LogP contribution in [0.15, 0.2) is 23.6 Å². The zero-order valence-electron chi connectivity index (χ0n) is 12.0. The highest BCUT2D eigenvalue weighted by atomic mass is 32.1. The molecule has 2 aromatic rings. The summed E-state index contributed by atoms with van der Waals surface area (Å²) in [5.74, 6) is 0. The minimum absolute atomic E-state index is 0.135. The fourth-order valence-electron chi connectivity index (χ4n) is 2.45. The molecule has 2 nitrogen and oxygen atoms in total. The molecule has 0 spiro atoms. The molecule has 0 N–H and O–H groups in total. The number of hydrogen-bond donors (Lipinski definition) is 0. The highest BCUT2D eigenvalue weighted by Crippen LogP contribution is 2.34. The first-order valence-electron chi connectivity index (χ1n) is 6.75. The van der Waals surface area contributed by atoms with Gasteiger partial charge in [-0.15, -0.1) is 11.3 Å². The molecule has 1 aromatic heterocycles. The first kappa shape index (κ1) is 12.7. The second-order valence-electron chi connectivity index (χ2n) is 6.30. The Hall–Kier alpha value is -1.35. The molecule has 0 atom stereocenters. The largest absolute Gasteiger partial charge is 0.374 e. The maximum Gasteiger partial charge on any atom is 0.0986 e. The number of nitrogens with zero attached hydrogens (tertiary/aromatic N) is 2. The highest BCUT2D eigenvalue weighted by molar-refractivity contribution is 7.10. The van der Waals surface area contributed by atoms with Crippen LogP contribution < -0.4 is 4.90 Å². The molecule has 0 fully saturated rings. The number of rotatable bonds is 1. The van der Waals surface area contributed by atoms with Crippen LogP contribution in [0.4, 0.5) is 5.69 Å². The molecule has 0 saturated heterocycles. The van der Waals surface area contributed by atoms with Gasteiger partial charge in [0.1, 0.15) is 0 Å². The molecule has 100 valence electrons. The van der Waals surface area contributed by atoms with E-state index in [0.29, 0.717) is 0 Å². The maximum absolute atomic E-state index is 4.80. The number of hydrogen-bond acceptors (Lipinski definition) is 3. The van der Waals surface area contributed by atoms with Crippen molar-refractivity contribution in [2.45, 2.75) is 32.6 Å². The highest BCUT2D eigenvalue weighted by Gasteiger charge is 2.20. The third-order valence-electron chi connectivity index (χ3n) is 3.65.